The quantitative estimate of drug-likeness (QED) is 0.428. The second kappa shape index (κ2) is 8.46. The van der Waals surface area contributed by atoms with Gasteiger partial charge in [0.05, 0.1) is 16.8 Å². The molecule has 3 aromatic heterocycles. The fraction of sp³-hybridized carbons (Fsp3) is 0.240. The third-order valence-electron chi connectivity index (χ3n) is 5.64. The SMILES string of the molecule is CN(C)C(=O)C(C)(C)C(=O)Cn1nc(-c2c(-c3ccccc3)nn3ccccc23)ccc1=O. The lowest BCUT2D eigenvalue weighted by Crippen LogP contribution is -2.44. The Balaban J connectivity index is 1.81. The Morgan fingerprint density at radius 2 is 1.64 bits per heavy atom. The van der Waals surface area contributed by atoms with Crippen LogP contribution in [-0.2, 0) is 16.1 Å². The Labute approximate surface area is 191 Å². The number of ketones is 1. The number of aromatic nitrogens is 4. The van der Waals surface area contributed by atoms with Crippen LogP contribution in [0.5, 0.6) is 0 Å². The summed E-state index contributed by atoms with van der Waals surface area (Å²) in [5.41, 5.74) is 2.02. The summed E-state index contributed by atoms with van der Waals surface area (Å²) in [6.45, 7) is 2.82. The van der Waals surface area contributed by atoms with Crippen molar-refractivity contribution in [2.75, 3.05) is 14.1 Å². The van der Waals surface area contributed by atoms with E-state index in [1.807, 2.05) is 54.7 Å². The van der Waals surface area contributed by atoms with Crippen molar-refractivity contribution in [3.8, 4) is 22.5 Å². The van der Waals surface area contributed by atoms with Crippen molar-refractivity contribution in [2.24, 2.45) is 5.41 Å². The van der Waals surface area contributed by atoms with Gasteiger partial charge in [0, 0.05) is 31.9 Å². The van der Waals surface area contributed by atoms with Crippen LogP contribution < -0.4 is 5.56 Å². The second-order valence-electron chi connectivity index (χ2n) is 8.58. The lowest BCUT2D eigenvalue weighted by atomic mass is 9.86. The fourth-order valence-corrected chi connectivity index (χ4v) is 3.76. The van der Waals surface area contributed by atoms with Gasteiger partial charge in [-0.15, -0.1) is 0 Å². The van der Waals surface area contributed by atoms with Crippen LogP contribution in [0.1, 0.15) is 13.8 Å². The van der Waals surface area contributed by atoms with Crippen molar-refractivity contribution < 1.29 is 9.59 Å². The Morgan fingerprint density at radius 1 is 0.939 bits per heavy atom. The summed E-state index contributed by atoms with van der Waals surface area (Å²) >= 11 is 0. The summed E-state index contributed by atoms with van der Waals surface area (Å²) in [5, 5.41) is 9.24. The molecule has 8 nitrogen and oxygen atoms in total. The predicted octanol–water partition coefficient (Wildman–Crippen LogP) is 2.91. The molecule has 0 saturated carbocycles. The average molecular weight is 444 g/mol. The van der Waals surface area contributed by atoms with Crippen LogP contribution in [0, 0.1) is 5.41 Å². The van der Waals surface area contributed by atoms with Gasteiger partial charge < -0.3 is 4.90 Å². The molecule has 0 unspecified atom stereocenters. The van der Waals surface area contributed by atoms with Crippen molar-refractivity contribution in [3.63, 3.8) is 0 Å². The molecule has 0 atom stereocenters. The number of Topliss-reactive ketones (excluding diaryl/α,β-unsaturated/α-hetero) is 1. The summed E-state index contributed by atoms with van der Waals surface area (Å²) in [6, 6.07) is 18.4. The first kappa shape index (κ1) is 22.1. The summed E-state index contributed by atoms with van der Waals surface area (Å²) in [4.78, 5) is 39.4. The van der Waals surface area contributed by atoms with E-state index in [1.165, 1.54) is 11.0 Å². The third-order valence-corrected chi connectivity index (χ3v) is 5.64. The number of hydrogen-bond acceptors (Lipinski definition) is 5. The van der Waals surface area contributed by atoms with E-state index >= 15 is 0 Å². The van der Waals surface area contributed by atoms with Crippen LogP contribution in [0.15, 0.2) is 71.7 Å². The van der Waals surface area contributed by atoms with Crippen LogP contribution in [0.25, 0.3) is 28.0 Å². The molecular weight excluding hydrogens is 418 g/mol. The molecule has 33 heavy (non-hydrogen) atoms. The molecule has 0 bridgehead atoms. The smallest absolute Gasteiger partial charge is 0.267 e. The van der Waals surface area contributed by atoms with Crippen molar-refractivity contribution in [1.29, 1.82) is 0 Å². The number of nitrogens with zero attached hydrogens (tertiary/aromatic N) is 5. The van der Waals surface area contributed by atoms with E-state index in [1.54, 1.807) is 38.5 Å². The minimum Gasteiger partial charge on any atom is -0.348 e. The highest BCUT2D eigenvalue weighted by atomic mass is 16.2. The minimum atomic E-state index is -1.28. The molecule has 0 N–H and O–H groups in total. The monoisotopic (exact) mass is 443 g/mol. The zero-order valence-corrected chi connectivity index (χ0v) is 19.0. The summed E-state index contributed by atoms with van der Waals surface area (Å²) in [7, 11) is 3.19. The molecule has 8 heteroatoms. The van der Waals surface area contributed by atoms with E-state index in [9.17, 15) is 14.4 Å². The Hall–Kier alpha value is -4.07. The molecule has 0 aliphatic carbocycles. The van der Waals surface area contributed by atoms with Crippen molar-refractivity contribution >= 4 is 17.2 Å². The average Bonchev–Trinajstić information content (AvgIpc) is 3.20. The molecule has 0 aliphatic rings. The first-order valence-electron chi connectivity index (χ1n) is 10.6. The highest BCUT2D eigenvalue weighted by Crippen LogP contribution is 2.33. The maximum atomic E-state index is 13.0. The normalized spacial score (nSPS) is 11.5. The number of amides is 1. The van der Waals surface area contributed by atoms with E-state index in [0.717, 1.165) is 21.3 Å². The summed E-state index contributed by atoms with van der Waals surface area (Å²) < 4.78 is 2.88. The van der Waals surface area contributed by atoms with Crippen LogP contribution >= 0.6 is 0 Å². The molecule has 4 rings (SSSR count). The van der Waals surface area contributed by atoms with Gasteiger partial charge in [-0.1, -0.05) is 36.4 Å². The van der Waals surface area contributed by atoms with Gasteiger partial charge in [-0.25, -0.2) is 9.20 Å². The van der Waals surface area contributed by atoms with Gasteiger partial charge in [-0.3, -0.25) is 14.4 Å². The molecule has 4 aromatic rings. The van der Waals surface area contributed by atoms with E-state index in [0.29, 0.717) is 11.4 Å². The first-order chi connectivity index (χ1) is 15.7. The van der Waals surface area contributed by atoms with Crippen LogP contribution in [0.4, 0.5) is 0 Å². The topological polar surface area (TPSA) is 89.6 Å². The fourth-order valence-electron chi connectivity index (χ4n) is 3.76. The van der Waals surface area contributed by atoms with E-state index < -0.39 is 16.8 Å². The molecule has 0 aliphatic heterocycles. The standard InChI is InChI=1S/C25H25N5O3/c1-25(2,24(33)28(3)4)20(31)16-30-21(32)14-13-18(26-30)22-19-12-8-9-15-29(19)27-23(22)17-10-6-5-7-11-17/h5-15H,16H2,1-4H3. The maximum absolute atomic E-state index is 13.0. The highest BCUT2D eigenvalue weighted by Gasteiger charge is 2.37. The predicted molar refractivity (Wildman–Crippen MR) is 126 cm³/mol. The molecule has 0 radical (unpaired) electrons. The largest absolute Gasteiger partial charge is 0.348 e. The number of rotatable bonds is 6. The number of carbonyl (C=O) groups excluding carboxylic acids is 2. The Morgan fingerprint density at radius 3 is 2.33 bits per heavy atom. The van der Waals surface area contributed by atoms with Crippen LogP contribution in [0.2, 0.25) is 0 Å². The molecule has 0 spiro atoms. The number of hydrogen-bond donors (Lipinski definition) is 0. The van der Waals surface area contributed by atoms with Crippen LogP contribution in [-0.4, -0.2) is 50.1 Å². The molecule has 1 amide bonds. The Kier molecular flexibility index (Phi) is 5.68. The third kappa shape index (κ3) is 4.07. The summed E-state index contributed by atoms with van der Waals surface area (Å²) in [5.74, 6) is -0.721. The zero-order valence-electron chi connectivity index (χ0n) is 19.0. The number of fused-ring (bicyclic) bond motifs is 1. The number of benzene rings is 1. The van der Waals surface area contributed by atoms with Crippen LogP contribution in [0.3, 0.4) is 0 Å². The van der Waals surface area contributed by atoms with Gasteiger partial charge in [0.2, 0.25) is 5.91 Å². The van der Waals surface area contributed by atoms with Crippen molar-refractivity contribution in [3.05, 3.63) is 77.2 Å². The van der Waals surface area contributed by atoms with Gasteiger partial charge in [0.1, 0.15) is 17.7 Å². The molecular formula is C25H25N5O3. The number of pyridine rings is 1. The molecule has 0 fully saturated rings. The molecule has 1 aromatic carbocycles. The van der Waals surface area contributed by atoms with Gasteiger partial charge in [-0.2, -0.15) is 10.2 Å². The van der Waals surface area contributed by atoms with Gasteiger partial charge in [0.15, 0.2) is 5.78 Å². The van der Waals surface area contributed by atoms with Gasteiger partial charge >= 0.3 is 0 Å². The molecule has 0 saturated heterocycles. The van der Waals surface area contributed by atoms with Gasteiger partial charge in [0.25, 0.3) is 5.56 Å². The van der Waals surface area contributed by atoms with Crippen molar-refractivity contribution in [1.82, 2.24) is 24.3 Å². The maximum Gasteiger partial charge on any atom is 0.267 e. The van der Waals surface area contributed by atoms with Gasteiger partial charge in [-0.05, 0) is 32.0 Å². The van der Waals surface area contributed by atoms with E-state index in [-0.39, 0.29) is 12.5 Å². The lowest BCUT2D eigenvalue weighted by Gasteiger charge is -2.25. The zero-order chi connectivity index (χ0) is 23.8. The minimum absolute atomic E-state index is 0.306. The van der Waals surface area contributed by atoms with Crippen molar-refractivity contribution in [2.45, 2.75) is 20.4 Å². The highest BCUT2D eigenvalue weighted by molar-refractivity contribution is 6.05. The van der Waals surface area contributed by atoms with E-state index in [4.69, 9.17) is 5.10 Å². The van der Waals surface area contributed by atoms with E-state index in [2.05, 4.69) is 5.10 Å². The first-order valence-corrected chi connectivity index (χ1v) is 10.6. The Bertz CT molecular complexity index is 1400. The molecule has 3 heterocycles. The summed E-state index contributed by atoms with van der Waals surface area (Å²) in [6.07, 6.45) is 1.85. The number of carbonyl (C=O) groups is 2. The lowest BCUT2D eigenvalue weighted by molar-refractivity contribution is -0.146. The second-order valence-corrected chi connectivity index (χ2v) is 8.58. The molecule has 168 valence electrons.